The van der Waals surface area contributed by atoms with Crippen LogP contribution in [0.15, 0.2) is 0 Å². The van der Waals surface area contributed by atoms with Gasteiger partial charge in [0.25, 0.3) is 0 Å². The number of ether oxygens (including phenoxy) is 2. The normalized spacial score (nSPS) is 11.5. The molecule has 98 valence electrons. The van der Waals surface area contributed by atoms with E-state index in [4.69, 9.17) is 9.47 Å². The van der Waals surface area contributed by atoms with Gasteiger partial charge in [-0.2, -0.15) is 0 Å². The molecule has 0 aliphatic heterocycles. The fourth-order valence-corrected chi connectivity index (χ4v) is 1.19. The summed E-state index contributed by atoms with van der Waals surface area (Å²) in [6.45, 7) is 5.13. The van der Waals surface area contributed by atoms with Crippen molar-refractivity contribution in [2.75, 3.05) is 26.4 Å². The fraction of sp³-hybridized carbons (Fsp3) is 0.727. The standard InChI is InChI=1S/C11H19NO3S2/c1-3-4-5-6-12-11(13)9-14-7-8-15-10(2)17-16/h10,16H,3,6-9H2,1-2H3,(H,12,13). The highest BCUT2D eigenvalue weighted by atomic mass is 33.1. The van der Waals surface area contributed by atoms with E-state index < -0.39 is 0 Å². The summed E-state index contributed by atoms with van der Waals surface area (Å²) in [4.78, 5) is 11.2. The van der Waals surface area contributed by atoms with Crippen molar-refractivity contribution < 1.29 is 14.3 Å². The highest BCUT2D eigenvalue weighted by Gasteiger charge is 2.01. The summed E-state index contributed by atoms with van der Waals surface area (Å²) in [6, 6.07) is 0. The minimum atomic E-state index is -0.160. The molecule has 1 unspecified atom stereocenters. The zero-order valence-electron chi connectivity index (χ0n) is 10.2. The van der Waals surface area contributed by atoms with E-state index in [2.05, 4.69) is 28.8 Å². The highest BCUT2D eigenvalue weighted by molar-refractivity contribution is 8.68. The Labute approximate surface area is 112 Å². The maximum Gasteiger partial charge on any atom is 0.246 e. The van der Waals surface area contributed by atoms with Gasteiger partial charge in [0.2, 0.25) is 5.91 Å². The molecule has 0 aromatic rings. The van der Waals surface area contributed by atoms with Gasteiger partial charge in [-0.1, -0.05) is 23.6 Å². The van der Waals surface area contributed by atoms with Crippen LogP contribution < -0.4 is 5.32 Å². The maximum absolute atomic E-state index is 11.2. The van der Waals surface area contributed by atoms with Crippen LogP contribution in [0.25, 0.3) is 0 Å². The van der Waals surface area contributed by atoms with Crippen LogP contribution >= 0.6 is 22.5 Å². The van der Waals surface area contributed by atoms with Gasteiger partial charge >= 0.3 is 0 Å². The van der Waals surface area contributed by atoms with E-state index in [9.17, 15) is 4.79 Å². The van der Waals surface area contributed by atoms with Gasteiger partial charge in [-0.15, -0.1) is 17.6 Å². The highest BCUT2D eigenvalue weighted by Crippen LogP contribution is 2.14. The molecule has 0 fully saturated rings. The lowest BCUT2D eigenvalue weighted by atomic mass is 10.4. The molecule has 0 aromatic carbocycles. The summed E-state index contributed by atoms with van der Waals surface area (Å²) in [5.74, 6) is 5.52. The lowest BCUT2D eigenvalue weighted by Crippen LogP contribution is -2.28. The van der Waals surface area contributed by atoms with Crippen LogP contribution in [-0.2, 0) is 14.3 Å². The third-order valence-electron chi connectivity index (χ3n) is 1.64. The molecule has 0 spiro atoms. The Morgan fingerprint density at radius 2 is 2.24 bits per heavy atom. The van der Waals surface area contributed by atoms with E-state index in [0.29, 0.717) is 19.8 Å². The SMILES string of the molecule is CCC#CCNC(=O)COCCOC(C)SS. The summed E-state index contributed by atoms with van der Waals surface area (Å²) in [7, 11) is 1.33. The number of nitrogens with one attached hydrogen (secondary N) is 1. The quantitative estimate of drug-likeness (QED) is 0.232. The molecule has 0 aromatic heterocycles. The van der Waals surface area contributed by atoms with E-state index in [0.717, 1.165) is 6.42 Å². The van der Waals surface area contributed by atoms with Crippen molar-refractivity contribution in [2.45, 2.75) is 25.7 Å². The molecule has 0 radical (unpaired) electrons. The molecule has 17 heavy (non-hydrogen) atoms. The molecule has 0 saturated carbocycles. The molecule has 0 heterocycles. The summed E-state index contributed by atoms with van der Waals surface area (Å²) >= 11 is 4.00. The van der Waals surface area contributed by atoms with Gasteiger partial charge in [0.15, 0.2) is 0 Å². The van der Waals surface area contributed by atoms with E-state index in [1.54, 1.807) is 0 Å². The predicted molar refractivity (Wildman–Crippen MR) is 73.9 cm³/mol. The van der Waals surface area contributed by atoms with Crippen molar-refractivity contribution in [3.05, 3.63) is 0 Å². The Bertz CT molecular complexity index is 263. The molecule has 4 nitrogen and oxygen atoms in total. The minimum absolute atomic E-state index is 0.0279. The zero-order chi connectivity index (χ0) is 12.9. The smallest absolute Gasteiger partial charge is 0.246 e. The van der Waals surface area contributed by atoms with Crippen LogP contribution in [0.4, 0.5) is 0 Å². The van der Waals surface area contributed by atoms with Crippen LogP contribution in [0.2, 0.25) is 0 Å². The van der Waals surface area contributed by atoms with Crippen molar-refractivity contribution >= 4 is 28.4 Å². The van der Waals surface area contributed by atoms with E-state index in [1.807, 2.05) is 13.8 Å². The van der Waals surface area contributed by atoms with E-state index in [-0.39, 0.29) is 18.0 Å². The largest absolute Gasteiger partial charge is 0.369 e. The van der Waals surface area contributed by atoms with E-state index in [1.165, 1.54) is 10.8 Å². The first-order chi connectivity index (χ1) is 8.20. The molecule has 1 amide bonds. The molecule has 1 N–H and O–H groups in total. The topological polar surface area (TPSA) is 47.6 Å². The number of carbonyl (C=O) groups is 1. The molecular formula is C11H19NO3S2. The minimum Gasteiger partial charge on any atom is -0.369 e. The van der Waals surface area contributed by atoms with Gasteiger partial charge < -0.3 is 14.8 Å². The lowest BCUT2D eigenvalue weighted by Gasteiger charge is -2.09. The zero-order valence-corrected chi connectivity index (χ0v) is 11.9. The number of hydrogen-bond acceptors (Lipinski definition) is 5. The van der Waals surface area contributed by atoms with Gasteiger partial charge in [-0.25, -0.2) is 0 Å². The Kier molecular flexibility index (Phi) is 11.9. The van der Waals surface area contributed by atoms with Crippen LogP contribution in [0.3, 0.4) is 0 Å². The van der Waals surface area contributed by atoms with Crippen molar-refractivity contribution in [1.29, 1.82) is 0 Å². The van der Waals surface area contributed by atoms with Gasteiger partial charge in [-0.3, -0.25) is 4.79 Å². The molecular weight excluding hydrogens is 258 g/mol. The Morgan fingerprint density at radius 1 is 1.47 bits per heavy atom. The number of thiol groups is 1. The van der Waals surface area contributed by atoms with Crippen LogP contribution in [0.1, 0.15) is 20.3 Å². The van der Waals surface area contributed by atoms with E-state index >= 15 is 0 Å². The van der Waals surface area contributed by atoms with Gasteiger partial charge in [-0.05, 0) is 6.92 Å². The van der Waals surface area contributed by atoms with Crippen LogP contribution in [-0.4, -0.2) is 37.7 Å². The average molecular weight is 277 g/mol. The first-order valence-electron chi connectivity index (χ1n) is 5.42. The summed E-state index contributed by atoms with van der Waals surface area (Å²) in [5, 5.41) is 2.63. The number of amides is 1. The second-order valence-corrected chi connectivity index (χ2v) is 4.59. The van der Waals surface area contributed by atoms with Crippen molar-refractivity contribution in [1.82, 2.24) is 5.32 Å². The fourth-order valence-electron chi connectivity index (χ4n) is 0.850. The average Bonchev–Trinajstić information content (AvgIpc) is 2.34. The maximum atomic E-state index is 11.2. The van der Waals surface area contributed by atoms with Gasteiger partial charge in [0.05, 0.1) is 19.8 Å². The summed E-state index contributed by atoms with van der Waals surface area (Å²) in [5.41, 5.74) is 0.0279. The van der Waals surface area contributed by atoms with Crippen LogP contribution in [0.5, 0.6) is 0 Å². The Balaban J connectivity index is 3.33. The summed E-state index contributed by atoms with van der Waals surface area (Å²) < 4.78 is 10.4. The molecule has 0 aliphatic rings. The van der Waals surface area contributed by atoms with Gasteiger partial charge in [0, 0.05) is 6.42 Å². The second kappa shape index (κ2) is 12.1. The van der Waals surface area contributed by atoms with Crippen LogP contribution in [0, 0.1) is 11.8 Å². The molecule has 0 saturated heterocycles. The Morgan fingerprint density at radius 3 is 2.88 bits per heavy atom. The number of rotatable bonds is 8. The lowest BCUT2D eigenvalue weighted by molar-refractivity contribution is -0.126. The molecule has 6 heteroatoms. The van der Waals surface area contributed by atoms with Crippen molar-refractivity contribution in [3.63, 3.8) is 0 Å². The predicted octanol–water partition coefficient (Wildman–Crippen LogP) is 1.47. The Hall–Kier alpha value is -0.350. The number of hydrogen-bond donors (Lipinski definition) is 2. The first-order valence-corrected chi connectivity index (χ1v) is 7.35. The number of carbonyl (C=O) groups excluding carboxylic acids is 1. The van der Waals surface area contributed by atoms with Crippen molar-refractivity contribution in [3.8, 4) is 11.8 Å². The third-order valence-corrected chi connectivity index (χ3v) is 2.96. The summed E-state index contributed by atoms with van der Waals surface area (Å²) in [6.07, 6.45) is 0.797. The molecule has 1 atom stereocenters. The third kappa shape index (κ3) is 11.9. The van der Waals surface area contributed by atoms with Crippen molar-refractivity contribution in [2.24, 2.45) is 0 Å². The monoisotopic (exact) mass is 277 g/mol. The molecule has 0 bridgehead atoms. The first kappa shape index (κ1) is 16.6. The second-order valence-electron chi connectivity index (χ2n) is 3.08. The molecule has 0 rings (SSSR count). The van der Waals surface area contributed by atoms with Gasteiger partial charge in [0.1, 0.15) is 12.0 Å². The molecule has 0 aliphatic carbocycles.